The molecule has 2 amide bonds. The number of nitrogens with two attached hydrogens (primary N) is 1. The molecule has 0 unspecified atom stereocenters. The molecule has 1 rings (SSSR count). The summed E-state index contributed by atoms with van der Waals surface area (Å²) in [6.07, 6.45) is 0.876. The third-order valence-electron chi connectivity index (χ3n) is 2.71. The van der Waals surface area contributed by atoms with Crippen molar-refractivity contribution >= 4 is 45.2 Å². The minimum absolute atomic E-state index is 0.0767. The number of halogens is 1. The summed E-state index contributed by atoms with van der Waals surface area (Å²) in [6, 6.07) is 5.52. The van der Waals surface area contributed by atoms with E-state index >= 15 is 0 Å². The van der Waals surface area contributed by atoms with Crippen LogP contribution in [0.3, 0.4) is 0 Å². The molecule has 0 heterocycles. The number of benzene rings is 1. The first-order valence-corrected chi connectivity index (χ1v) is 8.40. The number of carbonyl (C=O) groups is 2. The molecule has 1 aromatic carbocycles. The molecular weight excluding hydrogens is 354 g/mol. The van der Waals surface area contributed by atoms with Gasteiger partial charge in [-0.1, -0.05) is 22.9 Å². The van der Waals surface area contributed by atoms with E-state index < -0.39 is 0 Å². The average Bonchev–Trinajstić information content (AvgIpc) is 2.45. The number of likely N-dealkylation sites (N-methyl/N-ethyl adjacent to an activating group) is 1. The largest absolute Gasteiger partial charge is 0.398 e. The summed E-state index contributed by atoms with van der Waals surface area (Å²) in [6.45, 7) is 2.69. The third kappa shape index (κ3) is 6.39. The van der Waals surface area contributed by atoms with Gasteiger partial charge in [0.15, 0.2) is 0 Å². The van der Waals surface area contributed by atoms with Gasteiger partial charge < -0.3 is 16.0 Å². The maximum atomic E-state index is 12.0. The Morgan fingerprint density at radius 3 is 2.81 bits per heavy atom. The number of hydrogen-bond donors (Lipinski definition) is 2. The molecule has 0 bridgehead atoms. The van der Waals surface area contributed by atoms with Crippen LogP contribution in [-0.4, -0.2) is 42.6 Å². The van der Waals surface area contributed by atoms with Gasteiger partial charge in [0.05, 0.1) is 12.3 Å². The summed E-state index contributed by atoms with van der Waals surface area (Å²) >= 11 is 4.74. The molecule has 0 radical (unpaired) electrons. The molecule has 7 heteroatoms. The molecule has 0 aliphatic rings. The highest BCUT2D eigenvalue weighted by molar-refractivity contribution is 9.10. The Morgan fingerprint density at radius 1 is 1.43 bits per heavy atom. The van der Waals surface area contributed by atoms with Crippen molar-refractivity contribution in [2.75, 3.05) is 31.6 Å². The average molecular weight is 374 g/mol. The van der Waals surface area contributed by atoms with Crippen LogP contribution in [-0.2, 0) is 9.59 Å². The lowest BCUT2D eigenvalue weighted by Gasteiger charge is -2.16. The Bertz CT molecular complexity index is 511. The predicted molar refractivity (Wildman–Crippen MR) is 90.2 cm³/mol. The van der Waals surface area contributed by atoms with Crippen LogP contribution in [0.1, 0.15) is 13.3 Å². The second-order valence-electron chi connectivity index (χ2n) is 4.57. The highest BCUT2D eigenvalue weighted by atomic mass is 79.9. The zero-order chi connectivity index (χ0) is 15.8. The standard InChI is InChI=1S/C14H20BrN3O2S/c1-3-6-17-13(19)8-18(2)14(20)9-21-12-7-10(15)4-5-11(12)16/h4-5,7H,3,6,8-9,16H2,1-2H3,(H,17,19). The van der Waals surface area contributed by atoms with Crippen molar-refractivity contribution in [3.63, 3.8) is 0 Å². The van der Waals surface area contributed by atoms with Crippen LogP contribution in [0.25, 0.3) is 0 Å². The fourth-order valence-electron chi connectivity index (χ4n) is 1.51. The van der Waals surface area contributed by atoms with Crippen molar-refractivity contribution in [2.24, 2.45) is 0 Å². The second-order valence-corrected chi connectivity index (χ2v) is 6.50. The lowest BCUT2D eigenvalue weighted by atomic mass is 10.3. The smallest absolute Gasteiger partial charge is 0.239 e. The second kappa shape index (κ2) is 8.94. The first kappa shape index (κ1) is 17.8. The number of thioether (sulfide) groups is 1. The van der Waals surface area contributed by atoms with Gasteiger partial charge in [-0.3, -0.25) is 9.59 Å². The minimum atomic E-state index is -0.139. The van der Waals surface area contributed by atoms with Gasteiger partial charge >= 0.3 is 0 Å². The highest BCUT2D eigenvalue weighted by Gasteiger charge is 2.13. The predicted octanol–water partition coefficient (Wildman–Crippen LogP) is 2.11. The van der Waals surface area contributed by atoms with E-state index in [-0.39, 0.29) is 24.1 Å². The first-order valence-electron chi connectivity index (χ1n) is 6.62. The normalized spacial score (nSPS) is 10.2. The summed E-state index contributed by atoms with van der Waals surface area (Å²) < 4.78 is 0.916. The maximum absolute atomic E-state index is 12.0. The fraction of sp³-hybridized carbons (Fsp3) is 0.429. The van der Waals surface area contributed by atoms with E-state index in [9.17, 15) is 9.59 Å². The SMILES string of the molecule is CCCNC(=O)CN(C)C(=O)CSc1cc(Br)ccc1N. The topological polar surface area (TPSA) is 75.4 Å². The van der Waals surface area contributed by atoms with Crippen molar-refractivity contribution in [1.29, 1.82) is 0 Å². The molecule has 0 aromatic heterocycles. The van der Waals surface area contributed by atoms with Crippen LogP contribution < -0.4 is 11.1 Å². The monoisotopic (exact) mass is 373 g/mol. The van der Waals surface area contributed by atoms with Crippen molar-refractivity contribution in [3.05, 3.63) is 22.7 Å². The van der Waals surface area contributed by atoms with Crippen LogP contribution in [0, 0.1) is 0 Å². The Hall–Kier alpha value is -1.21. The Labute approximate surface area is 137 Å². The number of amides is 2. The molecule has 0 atom stereocenters. The summed E-state index contributed by atoms with van der Waals surface area (Å²) in [5.41, 5.74) is 6.49. The van der Waals surface area contributed by atoms with Crippen LogP contribution in [0.15, 0.2) is 27.6 Å². The van der Waals surface area contributed by atoms with E-state index in [1.807, 2.05) is 19.1 Å². The summed E-state index contributed by atoms with van der Waals surface area (Å²) in [4.78, 5) is 25.8. The van der Waals surface area contributed by atoms with E-state index in [1.165, 1.54) is 16.7 Å². The Kier molecular flexibility index (Phi) is 7.60. The number of anilines is 1. The molecule has 1 aromatic rings. The molecule has 0 saturated carbocycles. The van der Waals surface area contributed by atoms with E-state index in [4.69, 9.17) is 5.73 Å². The zero-order valence-corrected chi connectivity index (χ0v) is 14.6. The summed E-state index contributed by atoms with van der Waals surface area (Å²) in [5, 5.41) is 2.74. The van der Waals surface area contributed by atoms with Crippen molar-refractivity contribution in [1.82, 2.24) is 10.2 Å². The number of hydrogen-bond acceptors (Lipinski definition) is 4. The first-order chi connectivity index (χ1) is 9.93. The number of nitrogens with one attached hydrogen (secondary N) is 1. The van der Waals surface area contributed by atoms with Crippen LogP contribution in [0.4, 0.5) is 5.69 Å². The van der Waals surface area contributed by atoms with Gasteiger partial charge in [-0.15, -0.1) is 11.8 Å². The fourth-order valence-corrected chi connectivity index (χ4v) is 2.96. The molecule has 0 spiro atoms. The molecule has 3 N–H and O–H groups in total. The quantitative estimate of drug-likeness (QED) is 0.566. The molecule has 0 aliphatic carbocycles. The van der Waals surface area contributed by atoms with Gasteiger partial charge in [-0.05, 0) is 24.6 Å². The molecule has 0 fully saturated rings. The van der Waals surface area contributed by atoms with Gasteiger partial charge in [0.25, 0.3) is 0 Å². The van der Waals surface area contributed by atoms with Crippen LogP contribution in [0.2, 0.25) is 0 Å². The van der Waals surface area contributed by atoms with E-state index in [1.54, 1.807) is 13.1 Å². The van der Waals surface area contributed by atoms with Gasteiger partial charge in [0.1, 0.15) is 0 Å². The summed E-state index contributed by atoms with van der Waals surface area (Å²) in [5.74, 6) is 0.00350. The highest BCUT2D eigenvalue weighted by Crippen LogP contribution is 2.28. The number of rotatable bonds is 7. The lowest BCUT2D eigenvalue weighted by molar-refractivity contribution is -0.132. The van der Waals surface area contributed by atoms with Gasteiger partial charge in [-0.25, -0.2) is 0 Å². The zero-order valence-electron chi connectivity index (χ0n) is 12.2. The van der Waals surface area contributed by atoms with Gasteiger partial charge in [0.2, 0.25) is 11.8 Å². The third-order valence-corrected chi connectivity index (χ3v) is 4.25. The number of nitrogen functional groups attached to an aromatic ring is 1. The molecule has 116 valence electrons. The lowest BCUT2D eigenvalue weighted by Crippen LogP contribution is -2.39. The molecule has 21 heavy (non-hydrogen) atoms. The van der Waals surface area contributed by atoms with Gasteiger partial charge in [0, 0.05) is 28.6 Å². The Balaban J connectivity index is 2.45. The Morgan fingerprint density at radius 2 is 2.14 bits per heavy atom. The van der Waals surface area contributed by atoms with Crippen LogP contribution in [0.5, 0.6) is 0 Å². The van der Waals surface area contributed by atoms with Crippen molar-refractivity contribution in [3.8, 4) is 0 Å². The van der Waals surface area contributed by atoms with E-state index in [2.05, 4.69) is 21.2 Å². The van der Waals surface area contributed by atoms with Crippen molar-refractivity contribution < 1.29 is 9.59 Å². The molecule has 5 nitrogen and oxygen atoms in total. The van der Waals surface area contributed by atoms with E-state index in [0.717, 1.165) is 15.8 Å². The van der Waals surface area contributed by atoms with Crippen LogP contribution >= 0.6 is 27.7 Å². The summed E-state index contributed by atoms with van der Waals surface area (Å²) in [7, 11) is 1.62. The maximum Gasteiger partial charge on any atom is 0.239 e. The minimum Gasteiger partial charge on any atom is -0.398 e. The molecule has 0 aliphatic heterocycles. The molecular formula is C14H20BrN3O2S. The van der Waals surface area contributed by atoms with Gasteiger partial charge in [-0.2, -0.15) is 0 Å². The molecule has 0 saturated heterocycles. The van der Waals surface area contributed by atoms with E-state index in [0.29, 0.717) is 12.2 Å². The van der Waals surface area contributed by atoms with Crippen molar-refractivity contribution in [2.45, 2.75) is 18.2 Å². The number of nitrogens with zero attached hydrogens (tertiary/aromatic N) is 1. The number of carbonyl (C=O) groups excluding carboxylic acids is 2.